The average Bonchev–Trinajstić information content (AvgIpc) is 3.37. The molecule has 6 nitrogen and oxygen atoms in total. The highest BCUT2D eigenvalue weighted by molar-refractivity contribution is 5.79. The first-order chi connectivity index (χ1) is 12.8. The predicted molar refractivity (Wildman–Crippen MR) is 98.2 cm³/mol. The van der Waals surface area contributed by atoms with Gasteiger partial charge in [-0.05, 0) is 62.9 Å². The highest BCUT2D eigenvalue weighted by atomic mass is 16.3. The molecule has 2 aliphatic heterocycles. The molecule has 2 fully saturated rings. The van der Waals surface area contributed by atoms with Crippen molar-refractivity contribution in [2.75, 3.05) is 26.2 Å². The summed E-state index contributed by atoms with van der Waals surface area (Å²) in [6, 6.07) is 5.92. The smallest absolute Gasteiger partial charge is 0.225 e. The van der Waals surface area contributed by atoms with Gasteiger partial charge >= 0.3 is 0 Å². The lowest BCUT2D eigenvalue weighted by Gasteiger charge is -2.37. The Morgan fingerprint density at radius 2 is 1.92 bits per heavy atom. The number of rotatable bonds is 5. The van der Waals surface area contributed by atoms with Crippen molar-refractivity contribution in [3.63, 3.8) is 0 Å². The predicted octanol–water partition coefficient (Wildman–Crippen LogP) is 2.63. The van der Waals surface area contributed by atoms with E-state index < -0.39 is 0 Å². The first-order valence-electron chi connectivity index (χ1n) is 9.79. The fraction of sp³-hybridized carbons (Fsp3) is 0.600. The minimum Gasteiger partial charge on any atom is -0.468 e. The first kappa shape index (κ1) is 17.3. The number of hydrogen-bond donors (Lipinski definition) is 0. The Labute approximate surface area is 154 Å². The molecule has 0 atom stereocenters. The quantitative estimate of drug-likeness (QED) is 0.826. The standard InChI is InChI=1S/C20H28N4O2/c25-20(18-6-10-22(11-7-18)16-19-3-1-14-26-19)23-12-4-17(5-13-23)15-24-9-2-8-21-24/h1-3,8-9,14,17-18H,4-7,10-13,15-16H2. The van der Waals surface area contributed by atoms with Crippen LogP contribution in [0.4, 0.5) is 0 Å². The summed E-state index contributed by atoms with van der Waals surface area (Å²) in [4.78, 5) is 17.4. The topological polar surface area (TPSA) is 54.5 Å². The monoisotopic (exact) mass is 356 g/mol. The van der Waals surface area contributed by atoms with Crippen LogP contribution in [0, 0.1) is 11.8 Å². The maximum absolute atomic E-state index is 12.9. The second-order valence-corrected chi connectivity index (χ2v) is 7.63. The van der Waals surface area contributed by atoms with Gasteiger partial charge in [-0.1, -0.05) is 0 Å². The maximum atomic E-state index is 12.9. The van der Waals surface area contributed by atoms with Gasteiger partial charge in [0.2, 0.25) is 5.91 Å². The van der Waals surface area contributed by atoms with Gasteiger partial charge in [0.05, 0.1) is 12.8 Å². The molecule has 26 heavy (non-hydrogen) atoms. The molecule has 0 bridgehead atoms. The highest BCUT2D eigenvalue weighted by Crippen LogP contribution is 2.25. The van der Waals surface area contributed by atoms with Crippen LogP contribution in [0.25, 0.3) is 0 Å². The first-order valence-corrected chi connectivity index (χ1v) is 9.79. The molecule has 140 valence electrons. The molecule has 2 aliphatic rings. The van der Waals surface area contributed by atoms with Gasteiger partial charge in [0.15, 0.2) is 0 Å². The van der Waals surface area contributed by atoms with E-state index >= 15 is 0 Å². The second-order valence-electron chi connectivity index (χ2n) is 7.63. The van der Waals surface area contributed by atoms with E-state index in [1.54, 1.807) is 6.26 Å². The minimum absolute atomic E-state index is 0.200. The van der Waals surface area contributed by atoms with Gasteiger partial charge in [-0.15, -0.1) is 0 Å². The number of carbonyl (C=O) groups is 1. The Morgan fingerprint density at radius 3 is 2.58 bits per heavy atom. The van der Waals surface area contributed by atoms with Crippen molar-refractivity contribution >= 4 is 5.91 Å². The van der Waals surface area contributed by atoms with Crippen molar-refractivity contribution in [2.24, 2.45) is 11.8 Å². The fourth-order valence-corrected chi connectivity index (χ4v) is 4.23. The van der Waals surface area contributed by atoms with Gasteiger partial charge in [0.25, 0.3) is 0 Å². The van der Waals surface area contributed by atoms with E-state index in [4.69, 9.17) is 4.42 Å². The zero-order chi connectivity index (χ0) is 17.8. The number of carbonyl (C=O) groups excluding carboxylic acids is 1. The molecular formula is C20H28N4O2. The Kier molecular flexibility index (Phi) is 5.39. The van der Waals surface area contributed by atoms with Crippen molar-refractivity contribution in [1.82, 2.24) is 19.6 Å². The molecule has 2 saturated heterocycles. The van der Waals surface area contributed by atoms with Crippen molar-refractivity contribution in [1.29, 1.82) is 0 Å². The molecule has 0 unspecified atom stereocenters. The molecule has 1 amide bonds. The summed E-state index contributed by atoms with van der Waals surface area (Å²) >= 11 is 0. The molecule has 0 radical (unpaired) electrons. The van der Waals surface area contributed by atoms with Gasteiger partial charge in [0, 0.05) is 37.9 Å². The van der Waals surface area contributed by atoms with E-state index in [1.165, 1.54) is 0 Å². The van der Waals surface area contributed by atoms with Crippen LogP contribution in [0.5, 0.6) is 0 Å². The Hall–Kier alpha value is -2.08. The molecule has 4 heterocycles. The normalized spacial score (nSPS) is 20.5. The molecular weight excluding hydrogens is 328 g/mol. The van der Waals surface area contributed by atoms with E-state index in [1.807, 2.05) is 35.3 Å². The molecule has 0 aliphatic carbocycles. The summed E-state index contributed by atoms with van der Waals surface area (Å²) in [6.07, 6.45) is 9.68. The maximum Gasteiger partial charge on any atom is 0.225 e. The minimum atomic E-state index is 0.200. The third-order valence-electron chi connectivity index (χ3n) is 5.83. The van der Waals surface area contributed by atoms with Crippen molar-refractivity contribution < 1.29 is 9.21 Å². The molecule has 6 heteroatoms. The van der Waals surface area contributed by atoms with Gasteiger partial charge in [0.1, 0.15) is 5.76 Å². The summed E-state index contributed by atoms with van der Waals surface area (Å²) in [7, 11) is 0. The number of likely N-dealkylation sites (tertiary alicyclic amines) is 2. The average molecular weight is 356 g/mol. The van der Waals surface area contributed by atoms with Crippen LogP contribution in [0.2, 0.25) is 0 Å². The Morgan fingerprint density at radius 1 is 1.12 bits per heavy atom. The molecule has 2 aromatic heterocycles. The third-order valence-corrected chi connectivity index (χ3v) is 5.83. The van der Waals surface area contributed by atoms with E-state index in [0.717, 1.165) is 70.7 Å². The van der Waals surface area contributed by atoms with Crippen molar-refractivity contribution in [2.45, 2.75) is 38.8 Å². The summed E-state index contributed by atoms with van der Waals surface area (Å²) in [5, 5.41) is 4.30. The number of aromatic nitrogens is 2. The summed E-state index contributed by atoms with van der Waals surface area (Å²) in [5.41, 5.74) is 0. The summed E-state index contributed by atoms with van der Waals surface area (Å²) in [6.45, 7) is 5.58. The van der Waals surface area contributed by atoms with E-state index in [2.05, 4.69) is 14.9 Å². The number of piperidine rings is 2. The summed E-state index contributed by atoms with van der Waals surface area (Å²) in [5.74, 6) is 2.22. The van der Waals surface area contributed by atoms with E-state index in [9.17, 15) is 4.79 Å². The number of amides is 1. The van der Waals surface area contributed by atoms with Crippen LogP contribution in [0.15, 0.2) is 41.3 Å². The Bertz CT molecular complexity index is 608. The number of hydrogen-bond acceptors (Lipinski definition) is 4. The second kappa shape index (κ2) is 8.08. The van der Waals surface area contributed by atoms with Crippen LogP contribution >= 0.6 is 0 Å². The van der Waals surface area contributed by atoms with Crippen LogP contribution < -0.4 is 0 Å². The zero-order valence-corrected chi connectivity index (χ0v) is 15.3. The third kappa shape index (κ3) is 4.18. The number of furan rings is 1. The van der Waals surface area contributed by atoms with Crippen molar-refractivity contribution in [3.05, 3.63) is 42.6 Å². The largest absolute Gasteiger partial charge is 0.468 e. The van der Waals surface area contributed by atoms with Gasteiger partial charge in [-0.3, -0.25) is 14.4 Å². The lowest BCUT2D eigenvalue weighted by molar-refractivity contribution is -0.138. The van der Waals surface area contributed by atoms with Crippen LogP contribution in [-0.4, -0.2) is 51.7 Å². The number of nitrogens with zero attached hydrogens (tertiary/aromatic N) is 4. The SMILES string of the molecule is O=C(C1CCN(Cc2ccco2)CC1)N1CCC(Cn2cccn2)CC1. The van der Waals surface area contributed by atoms with Gasteiger partial charge < -0.3 is 9.32 Å². The van der Waals surface area contributed by atoms with E-state index in [-0.39, 0.29) is 5.92 Å². The molecule has 4 rings (SSSR count). The highest BCUT2D eigenvalue weighted by Gasteiger charge is 2.31. The van der Waals surface area contributed by atoms with Crippen molar-refractivity contribution in [3.8, 4) is 0 Å². The molecule has 2 aromatic rings. The van der Waals surface area contributed by atoms with Crippen LogP contribution in [0.3, 0.4) is 0 Å². The lowest BCUT2D eigenvalue weighted by atomic mass is 9.92. The summed E-state index contributed by atoms with van der Waals surface area (Å²) < 4.78 is 7.44. The van der Waals surface area contributed by atoms with Gasteiger partial charge in [-0.25, -0.2) is 0 Å². The fourth-order valence-electron chi connectivity index (χ4n) is 4.23. The van der Waals surface area contributed by atoms with Crippen LogP contribution in [-0.2, 0) is 17.9 Å². The lowest BCUT2D eigenvalue weighted by Crippen LogP contribution is -2.45. The zero-order valence-electron chi connectivity index (χ0n) is 15.3. The van der Waals surface area contributed by atoms with E-state index in [0.29, 0.717) is 11.8 Å². The molecule has 0 saturated carbocycles. The van der Waals surface area contributed by atoms with Crippen LogP contribution in [0.1, 0.15) is 31.4 Å². The Balaban J connectivity index is 1.20. The molecule has 0 aromatic carbocycles. The molecule has 0 spiro atoms. The van der Waals surface area contributed by atoms with Gasteiger partial charge in [-0.2, -0.15) is 5.10 Å². The molecule has 0 N–H and O–H groups in total.